The normalized spacial score (nSPS) is 10.3. The number of aryl methyl sites for hydroxylation is 1. The third-order valence-corrected chi connectivity index (χ3v) is 2.15. The number of hydrogen-bond donors (Lipinski definition) is 0. The van der Waals surface area contributed by atoms with Gasteiger partial charge in [-0.25, -0.2) is 18.7 Å². The molecular formula is C11H8F2N2. The van der Waals surface area contributed by atoms with Crippen LogP contribution >= 0.6 is 0 Å². The molecule has 0 aliphatic heterocycles. The predicted octanol–water partition coefficient (Wildman–Crippen LogP) is 2.73. The van der Waals surface area contributed by atoms with Crippen LogP contribution in [-0.4, -0.2) is 9.97 Å². The smallest absolute Gasteiger partial charge is 0.167 e. The van der Waals surface area contributed by atoms with Gasteiger partial charge in [-0.05, 0) is 12.5 Å². The fourth-order valence-corrected chi connectivity index (χ4v) is 1.31. The van der Waals surface area contributed by atoms with Crippen molar-refractivity contribution in [2.75, 3.05) is 0 Å². The molecule has 0 saturated carbocycles. The molecule has 1 heterocycles. The van der Waals surface area contributed by atoms with Crippen molar-refractivity contribution in [3.8, 4) is 11.1 Å². The third kappa shape index (κ3) is 1.70. The Balaban J connectivity index is 2.60. The molecule has 2 rings (SSSR count). The van der Waals surface area contributed by atoms with Gasteiger partial charge in [0.25, 0.3) is 0 Å². The highest BCUT2D eigenvalue weighted by atomic mass is 19.2. The molecule has 0 bridgehead atoms. The maximum Gasteiger partial charge on any atom is 0.167 e. The van der Waals surface area contributed by atoms with E-state index in [4.69, 9.17) is 0 Å². The summed E-state index contributed by atoms with van der Waals surface area (Å²) < 4.78 is 26.8. The van der Waals surface area contributed by atoms with Crippen LogP contribution in [0.3, 0.4) is 0 Å². The van der Waals surface area contributed by atoms with Gasteiger partial charge < -0.3 is 0 Å². The minimum Gasteiger partial charge on any atom is -0.244 e. The molecule has 0 aliphatic carbocycles. The summed E-state index contributed by atoms with van der Waals surface area (Å²) in [4.78, 5) is 7.51. The number of nitrogens with zero attached hydrogens (tertiary/aromatic N) is 2. The van der Waals surface area contributed by atoms with Crippen LogP contribution in [-0.2, 0) is 0 Å². The van der Waals surface area contributed by atoms with Crippen molar-refractivity contribution in [1.29, 1.82) is 0 Å². The largest absolute Gasteiger partial charge is 0.244 e. The lowest BCUT2D eigenvalue weighted by Gasteiger charge is -2.04. The number of halogens is 2. The summed E-state index contributed by atoms with van der Waals surface area (Å²) in [5, 5.41) is 0. The van der Waals surface area contributed by atoms with E-state index in [0.29, 0.717) is 5.56 Å². The zero-order valence-corrected chi connectivity index (χ0v) is 8.04. The average Bonchev–Trinajstić information content (AvgIpc) is 2.27. The van der Waals surface area contributed by atoms with E-state index in [1.165, 1.54) is 37.8 Å². The second-order valence-corrected chi connectivity index (χ2v) is 3.19. The highest BCUT2D eigenvalue weighted by Gasteiger charge is 2.12. The number of hydrogen-bond acceptors (Lipinski definition) is 2. The Morgan fingerprint density at radius 3 is 2.33 bits per heavy atom. The minimum atomic E-state index is -0.857. The molecule has 0 unspecified atom stereocenters. The molecule has 4 heteroatoms. The summed E-state index contributed by atoms with van der Waals surface area (Å²) in [5.74, 6) is -1.68. The fraction of sp³-hybridized carbons (Fsp3) is 0.0909. The lowest BCUT2D eigenvalue weighted by atomic mass is 10.1. The maximum atomic E-state index is 13.5. The summed E-state index contributed by atoms with van der Waals surface area (Å²) in [7, 11) is 0. The summed E-state index contributed by atoms with van der Waals surface area (Å²) in [6.45, 7) is 1.52. The van der Waals surface area contributed by atoms with Gasteiger partial charge >= 0.3 is 0 Å². The summed E-state index contributed by atoms with van der Waals surface area (Å²) >= 11 is 0. The van der Waals surface area contributed by atoms with E-state index in [2.05, 4.69) is 9.97 Å². The van der Waals surface area contributed by atoms with Crippen molar-refractivity contribution in [3.05, 3.63) is 48.1 Å². The second-order valence-electron chi connectivity index (χ2n) is 3.19. The molecule has 76 valence electrons. The Morgan fingerprint density at radius 1 is 1.00 bits per heavy atom. The van der Waals surface area contributed by atoms with Gasteiger partial charge in [-0.2, -0.15) is 0 Å². The van der Waals surface area contributed by atoms with Crippen LogP contribution in [0.4, 0.5) is 8.78 Å². The first-order valence-corrected chi connectivity index (χ1v) is 4.40. The van der Waals surface area contributed by atoms with Gasteiger partial charge in [-0.1, -0.05) is 12.1 Å². The van der Waals surface area contributed by atoms with Crippen LogP contribution in [0.1, 0.15) is 5.56 Å². The molecule has 0 N–H and O–H groups in total. The van der Waals surface area contributed by atoms with E-state index < -0.39 is 11.6 Å². The van der Waals surface area contributed by atoms with Crippen LogP contribution in [0.2, 0.25) is 0 Å². The zero-order valence-electron chi connectivity index (χ0n) is 8.04. The van der Waals surface area contributed by atoms with Crippen LogP contribution in [0, 0.1) is 18.6 Å². The molecule has 0 aliphatic rings. The molecule has 15 heavy (non-hydrogen) atoms. The molecule has 0 amide bonds. The van der Waals surface area contributed by atoms with Gasteiger partial charge in [0.15, 0.2) is 11.6 Å². The number of benzene rings is 1. The van der Waals surface area contributed by atoms with E-state index in [9.17, 15) is 8.78 Å². The molecule has 1 aromatic heterocycles. The van der Waals surface area contributed by atoms with Crippen molar-refractivity contribution in [2.24, 2.45) is 0 Å². The Kier molecular flexibility index (Phi) is 2.41. The number of aromatic nitrogens is 2. The van der Waals surface area contributed by atoms with Crippen LogP contribution < -0.4 is 0 Å². The fourth-order valence-electron chi connectivity index (χ4n) is 1.31. The Labute approximate surface area is 85.6 Å². The minimum absolute atomic E-state index is 0.179. The lowest BCUT2D eigenvalue weighted by Crippen LogP contribution is -1.93. The van der Waals surface area contributed by atoms with Crippen molar-refractivity contribution < 1.29 is 8.78 Å². The van der Waals surface area contributed by atoms with Crippen molar-refractivity contribution in [1.82, 2.24) is 9.97 Å². The van der Waals surface area contributed by atoms with Crippen molar-refractivity contribution in [2.45, 2.75) is 6.92 Å². The number of rotatable bonds is 1. The Bertz CT molecular complexity index is 483. The molecule has 2 nitrogen and oxygen atoms in total. The van der Waals surface area contributed by atoms with Crippen LogP contribution in [0.15, 0.2) is 30.9 Å². The van der Waals surface area contributed by atoms with Crippen LogP contribution in [0.5, 0.6) is 0 Å². The molecule has 0 fully saturated rings. The van der Waals surface area contributed by atoms with Crippen molar-refractivity contribution >= 4 is 0 Å². The summed E-state index contributed by atoms with van der Waals surface area (Å²) in [6.07, 6.45) is 4.23. The Hall–Kier alpha value is -1.84. The van der Waals surface area contributed by atoms with E-state index in [1.54, 1.807) is 0 Å². The Morgan fingerprint density at radius 2 is 1.67 bits per heavy atom. The zero-order chi connectivity index (χ0) is 10.8. The lowest BCUT2D eigenvalue weighted by molar-refractivity contribution is 0.505. The molecule has 2 aromatic rings. The average molecular weight is 206 g/mol. The topological polar surface area (TPSA) is 25.8 Å². The van der Waals surface area contributed by atoms with Gasteiger partial charge in [0.1, 0.15) is 6.33 Å². The highest BCUT2D eigenvalue weighted by molar-refractivity contribution is 5.62. The van der Waals surface area contributed by atoms with Gasteiger partial charge in [-0.15, -0.1) is 0 Å². The predicted molar refractivity (Wildman–Crippen MR) is 52.1 cm³/mol. The first kappa shape index (κ1) is 9.71. The molecule has 0 saturated heterocycles. The SMILES string of the molecule is Cc1ccc(-c2cncnc2)c(F)c1F. The van der Waals surface area contributed by atoms with E-state index >= 15 is 0 Å². The standard InChI is InChI=1S/C11H8F2N2/c1-7-2-3-9(11(13)10(7)12)8-4-14-6-15-5-8/h2-6H,1H3. The van der Waals surface area contributed by atoms with Crippen molar-refractivity contribution in [3.63, 3.8) is 0 Å². The van der Waals surface area contributed by atoms with Gasteiger partial charge in [0.05, 0.1) is 0 Å². The van der Waals surface area contributed by atoms with E-state index in [1.807, 2.05) is 0 Å². The highest BCUT2D eigenvalue weighted by Crippen LogP contribution is 2.24. The van der Waals surface area contributed by atoms with E-state index in [0.717, 1.165) is 0 Å². The molecule has 1 aromatic carbocycles. The summed E-state index contributed by atoms with van der Waals surface area (Å²) in [6, 6.07) is 3.05. The molecule has 0 spiro atoms. The maximum absolute atomic E-state index is 13.5. The monoisotopic (exact) mass is 206 g/mol. The van der Waals surface area contributed by atoms with Gasteiger partial charge in [0.2, 0.25) is 0 Å². The van der Waals surface area contributed by atoms with Crippen LogP contribution in [0.25, 0.3) is 11.1 Å². The molecule has 0 atom stereocenters. The van der Waals surface area contributed by atoms with Gasteiger partial charge in [0, 0.05) is 23.5 Å². The summed E-state index contributed by atoms with van der Waals surface area (Å²) in [5.41, 5.74) is 0.931. The third-order valence-electron chi connectivity index (χ3n) is 2.15. The first-order valence-electron chi connectivity index (χ1n) is 4.40. The molecule has 0 radical (unpaired) electrons. The first-order chi connectivity index (χ1) is 7.20. The quantitative estimate of drug-likeness (QED) is 0.716. The van der Waals surface area contributed by atoms with Gasteiger partial charge in [-0.3, -0.25) is 0 Å². The second kappa shape index (κ2) is 3.73. The van der Waals surface area contributed by atoms with E-state index in [-0.39, 0.29) is 11.1 Å². The molecular weight excluding hydrogens is 198 g/mol.